The van der Waals surface area contributed by atoms with Gasteiger partial charge in [-0.2, -0.15) is 0 Å². The van der Waals surface area contributed by atoms with Crippen molar-refractivity contribution in [2.24, 2.45) is 0 Å². The molecule has 112 valence electrons. The maximum atomic E-state index is 11.4. The average Bonchev–Trinajstić information content (AvgIpc) is 2.90. The number of halogens is 1. The average molecular weight is 314 g/mol. The molecule has 0 aromatic heterocycles. The third kappa shape index (κ3) is 3.15. The normalized spacial score (nSPS) is 16.0. The molecule has 0 aliphatic heterocycles. The van der Waals surface area contributed by atoms with Crippen LogP contribution in [0.2, 0.25) is 5.02 Å². The molecule has 1 aliphatic carbocycles. The zero-order valence-corrected chi connectivity index (χ0v) is 12.8. The van der Waals surface area contributed by atoms with Gasteiger partial charge in [-0.05, 0) is 60.4 Å². The van der Waals surface area contributed by atoms with Gasteiger partial charge in [-0.15, -0.1) is 0 Å². The van der Waals surface area contributed by atoms with E-state index in [0.29, 0.717) is 5.02 Å². The van der Waals surface area contributed by atoms with E-state index in [0.717, 1.165) is 29.8 Å². The number of anilines is 1. The van der Waals surface area contributed by atoms with Crippen molar-refractivity contribution in [3.05, 3.63) is 71.3 Å². The molecule has 0 radical (unpaired) electrons. The van der Waals surface area contributed by atoms with E-state index in [4.69, 9.17) is 16.3 Å². The number of rotatable bonds is 4. The number of benzene rings is 2. The van der Waals surface area contributed by atoms with Crippen LogP contribution in [0.1, 0.15) is 23.7 Å². The maximum Gasteiger partial charge on any atom is 0.247 e. The van der Waals surface area contributed by atoms with Crippen LogP contribution in [-0.4, -0.2) is 5.91 Å². The summed E-state index contributed by atoms with van der Waals surface area (Å²) in [7, 11) is 0. The standard InChI is InChI=1S/C18H16ClNO2/c1-2-18(21)20-14-8-6-12-7-9-17(16(12)11-14)22-15-5-3-4-13(19)10-15/h2-6,8,10-11,17H,1,7,9H2,(H,20,21). The van der Waals surface area contributed by atoms with E-state index in [1.165, 1.54) is 11.6 Å². The summed E-state index contributed by atoms with van der Waals surface area (Å²) >= 11 is 5.99. The first-order chi connectivity index (χ1) is 10.7. The number of hydrogen-bond acceptors (Lipinski definition) is 2. The number of nitrogens with one attached hydrogen (secondary N) is 1. The van der Waals surface area contributed by atoms with E-state index in [1.54, 1.807) is 0 Å². The molecule has 2 aromatic carbocycles. The van der Waals surface area contributed by atoms with E-state index < -0.39 is 0 Å². The molecule has 1 amide bonds. The van der Waals surface area contributed by atoms with Gasteiger partial charge >= 0.3 is 0 Å². The van der Waals surface area contributed by atoms with Crippen molar-refractivity contribution in [2.45, 2.75) is 18.9 Å². The van der Waals surface area contributed by atoms with Gasteiger partial charge in [0, 0.05) is 10.7 Å². The van der Waals surface area contributed by atoms with E-state index in [2.05, 4.69) is 11.9 Å². The Hall–Kier alpha value is -2.26. The second kappa shape index (κ2) is 6.24. The molecule has 1 unspecified atom stereocenters. The minimum atomic E-state index is -0.217. The molecule has 3 nitrogen and oxygen atoms in total. The van der Waals surface area contributed by atoms with Crippen LogP contribution in [0.25, 0.3) is 0 Å². The maximum absolute atomic E-state index is 11.4. The summed E-state index contributed by atoms with van der Waals surface area (Å²) in [6, 6.07) is 13.3. The fourth-order valence-corrected chi connectivity index (χ4v) is 2.84. The fourth-order valence-electron chi connectivity index (χ4n) is 2.66. The summed E-state index contributed by atoms with van der Waals surface area (Å²) in [4.78, 5) is 11.4. The zero-order valence-electron chi connectivity index (χ0n) is 12.0. The summed E-state index contributed by atoms with van der Waals surface area (Å²) in [6.45, 7) is 3.46. The molecule has 0 saturated carbocycles. The number of fused-ring (bicyclic) bond motifs is 1. The fraction of sp³-hybridized carbons (Fsp3) is 0.167. The molecule has 0 spiro atoms. The number of amides is 1. The van der Waals surface area contributed by atoms with E-state index in [9.17, 15) is 4.79 Å². The molecule has 1 atom stereocenters. The Labute approximate surface area is 134 Å². The first kappa shape index (κ1) is 14.7. The van der Waals surface area contributed by atoms with Crippen LogP contribution in [-0.2, 0) is 11.2 Å². The molecule has 1 aliphatic rings. The van der Waals surface area contributed by atoms with Gasteiger partial charge in [0.1, 0.15) is 11.9 Å². The van der Waals surface area contributed by atoms with Crippen LogP contribution < -0.4 is 10.1 Å². The molecule has 2 aromatic rings. The van der Waals surface area contributed by atoms with Crippen LogP contribution in [0, 0.1) is 0 Å². The van der Waals surface area contributed by atoms with Gasteiger partial charge in [-0.3, -0.25) is 4.79 Å². The van der Waals surface area contributed by atoms with E-state index >= 15 is 0 Å². The lowest BCUT2D eigenvalue weighted by Gasteiger charge is -2.16. The number of aryl methyl sites for hydroxylation is 1. The predicted octanol–water partition coefficient (Wildman–Crippen LogP) is 4.53. The molecule has 22 heavy (non-hydrogen) atoms. The number of hydrogen-bond donors (Lipinski definition) is 1. The highest BCUT2D eigenvalue weighted by atomic mass is 35.5. The smallest absolute Gasteiger partial charge is 0.247 e. The lowest BCUT2D eigenvalue weighted by atomic mass is 10.1. The zero-order chi connectivity index (χ0) is 15.5. The summed E-state index contributed by atoms with van der Waals surface area (Å²) < 4.78 is 6.05. The second-order valence-electron chi connectivity index (χ2n) is 5.21. The van der Waals surface area contributed by atoms with Gasteiger partial charge in [-0.25, -0.2) is 0 Å². The highest BCUT2D eigenvalue weighted by Gasteiger charge is 2.24. The van der Waals surface area contributed by atoms with Crippen molar-refractivity contribution in [1.82, 2.24) is 0 Å². The van der Waals surface area contributed by atoms with Gasteiger partial charge in [0.15, 0.2) is 0 Å². The molecule has 0 heterocycles. The van der Waals surface area contributed by atoms with Crippen LogP contribution in [0.15, 0.2) is 55.1 Å². The number of carbonyl (C=O) groups is 1. The highest BCUT2D eigenvalue weighted by molar-refractivity contribution is 6.30. The van der Waals surface area contributed by atoms with Crippen LogP contribution in [0.5, 0.6) is 5.75 Å². The first-order valence-electron chi connectivity index (χ1n) is 7.14. The Morgan fingerprint density at radius 1 is 1.32 bits per heavy atom. The lowest BCUT2D eigenvalue weighted by molar-refractivity contribution is -0.111. The first-order valence-corrected chi connectivity index (χ1v) is 7.52. The van der Waals surface area contributed by atoms with Gasteiger partial charge in [0.2, 0.25) is 5.91 Å². The van der Waals surface area contributed by atoms with Crippen LogP contribution in [0.4, 0.5) is 5.69 Å². The Balaban J connectivity index is 1.82. The molecule has 0 bridgehead atoms. The number of carbonyl (C=O) groups excluding carboxylic acids is 1. The Kier molecular flexibility index (Phi) is 4.16. The van der Waals surface area contributed by atoms with Crippen molar-refractivity contribution < 1.29 is 9.53 Å². The molecule has 0 fully saturated rings. The molecule has 3 rings (SSSR count). The van der Waals surface area contributed by atoms with Crippen molar-refractivity contribution in [3.8, 4) is 5.75 Å². The molecule has 4 heteroatoms. The van der Waals surface area contributed by atoms with E-state index in [1.807, 2.05) is 42.5 Å². The summed E-state index contributed by atoms with van der Waals surface area (Å²) in [6.07, 6.45) is 3.12. The lowest BCUT2D eigenvalue weighted by Crippen LogP contribution is -2.09. The molecular weight excluding hydrogens is 298 g/mol. The molecular formula is C18H16ClNO2. The van der Waals surface area contributed by atoms with Gasteiger partial charge < -0.3 is 10.1 Å². The van der Waals surface area contributed by atoms with Crippen molar-refractivity contribution in [2.75, 3.05) is 5.32 Å². The molecule has 0 saturated heterocycles. The minimum Gasteiger partial charge on any atom is -0.486 e. The van der Waals surface area contributed by atoms with Crippen LogP contribution in [0.3, 0.4) is 0 Å². The Morgan fingerprint density at radius 3 is 2.95 bits per heavy atom. The Bertz CT molecular complexity index is 727. The summed E-state index contributed by atoms with van der Waals surface area (Å²) in [5, 5.41) is 3.44. The van der Waals surface area contributed by atoms with Crippen molar-refractivity contribution >= 4 is 23.2 Å². The monoisotopic (exact) mass is 313 g/mol. The quantitative estimate of drug-likeness (QED) is 0.842. The second-order valence-corrected chi connectivity index (χ2v) is 5.65. The molecule has 1 N–H and O–H groups in total. The van der Waals surface area contributed by atoms with Gasteiger partial charge in [0.25, 0.3) is 0 Å². The van der Waals surface area contributed by atoms with Gasteiger partial charge in [-0.1, -0.05) is 30.3 Å². The minimum absolute atomic E-state index is 0.0194. The Morgan fingerprint density at radius 2 is 2.18 bits per heavy atom. The third-order valence-corrected chi connectivity index (χ3v) is 3.93. The largest absolute Gasteiger partial charge is 0.486 e. The van der Waals surface area contributed by atoms with E-state index in [-0.39, 0.29) is 12.0 Å². The number of ether oxygens (including phenoxy) is 1. The predicted molar refractivity (Wildman–Crippen MR) is 88.4 cm³/mol. The van der Waals surface area contributed by atoms with Crippen LogP contribution >= 0.6 is 11.6 Å². The third-order valence-electron chi connectivity index (χ3n) is 3.70. The van der Waals surface area contributed by atoms with Gasteiger partial charge in [0.05, 0.1) is 0 Å². The highest BCUT2D eigenvalue weighted by Crippen LogP contribution is 2.36. The SMILES string of the molecule is C=CC(=O)Nc1ccc2c(c1)C(Oc1cccc(Cl)c1)CC2. The summed E-state index contributed by atoms with van der Waals surface area (Å²) in [5.74, 6) is 0.538. The van der Waals surface area contributed by atoms with Crippen molar-refractivity contribution in [3.63, 3.8) is 0 Å². The topological polar surface area (TPSA) is 38.3 Å². The van der Waals surface area contributed by atoms with Crippen molar-refractivity contribution in [1.29, 1.82) is 0 Å². The summed E-state index contributed by atoms with van der Waals surface area (Å²) in [5.41, 5.74) is 3.12.